The summed E-state index contributed by atoms with van der Waals surface area (Å²) in [5.41, 5.74) is 0. The molecule has 0 radical (unpaired) electrons. The second kappa shape index (κ2) is 77.4. The summed E-state index contributed by atoms with van der Waals surface area (Å²) in [5.74, 6) is -0.458. The summed E-state index contributed by atoms with van der Waals surface area (Å²) in [6.45, 7) is 9.74. The minimum absolute atomic E-state index is 0.108. The summed E-state index contributed by atoms with van der Waals surface area (Å²) in [6, 6.07) is 0. The van der Waals surface area contributed by atoms with Gasteiger partial charge in [0.05, 0.1) is 26.4 Å². The van der Waals surface area contributed by atoms with E-state index in [1.54, 1.807) is 0 Å². The molecule has 105 heavy (non-hydrogen) atoms. The molecular weight excluding hydrogens is 1370 g/mol. The van der Waals surface area contributed by atoms with Crippen molar-refractivity contribution in [3.05, 3.63) is 0 Å². The van der Waals surface area contributed by atoms with Crippen LogP contribution in [-0.2, 0) is 65.4 Å². The Morgan fingerprint density at radius 1 is 0.257 bits per heavy atom. The summed E-state index contributed by atoms with van der Waals surface area (Å²) < 4.78 is 68.8. The van der Waals surface area contributed by atoms with E-state index in [2.05, 4.69) is 41.5 Å². The predicted octanol–water partition coefficient (Wildman–Crippen LogP) is 26.2. The van der Waals surface area contributed by atoms with Crippen LogP contribution in [0.4, 0.5) is 0 Å². The quantitative estimate of drug-likeness (QED) is 0.0222. The Morgan fingerprint density at radius 3 is 0.648 bits per heavy atom. The molecular formula is C86H168O17P2. The first-order valence-electron chi connectivity index (χ1n) is 44.5. The van der Waals surface area contributed by atoms with E-state index in [1.807, 2.05) is 0 Å². The standard InChI is InChI=1S/C86H168O17P2/c1-7-9-11-13-15-17-19-39-46-52-58-64-70-85(90)102-81(74-96-83(88)68-62-56-50-44-36-18-16-14-12-10-8-2)76-100-104(92,93)98-72-80(87)73-99-105(94,95)101-77-82(103-86(91)71-65-59-53-47-41-35-31-27-23-21-25-29-33-38-43-49-55-61-67-79(5)6)75-97-84(89)69-63-57-51-45-40-34-30-26-22-20-24-28-32-37-42-48-54-60-66-78(3)4/h78-82,87H,7-77H2,1-6H3,(H,92,93)(H,94,95)/t80-,81+,82+/m0/s1. The van der Waals surface area contributed by atoms with Crippen molar-refractivity contribution < 1.29 is 80.2 Å². The first-order valence-corrected chi connectivity index (χ1v) is 47.5. The molecule has 17 nitrogen and oxygen atoms in total. The van der Waals surface area contributed by atoms with E-state index in [0.29, 0.717) is 25.7 Å². The van der Waals surface area contributed by atoms with Crippen LogP contribution in [0.3, 0.4) is 0 Å². The van der Waals surface area contributed by atoms with Gasteiger partial charge in [-0.15, -0.1) is 0 Å². The lowest BCUT2D eigenvalue weighted by Gasteiger charge is -2.21. The molecule has 0 fully saturated rings. The minimum atomic E-state index is -4.97. The van der Waals surface area contributed by atoms with Crippen LogP contribution < -0.4 is 0 Å². The van der Waals surface area contributed by atoms with Crippen LogP contribution in [-0.4, -0.2) is 96.7 Å². The van der Waals surface area contributed by atoms with Crippen molar-refractivity contribution in [2.75, 3.05) is 39.6 Å². The van der Waals surface area contributed by atoms with Gasteiger partial charge in [0, 0.05) is 25.7 Å². The highest BCUT2D eigenvalue weighted by molar-refractivity contribution is 7.47. The van der Waals surface area contributed by atoms with Crippen molar-refractivity contribution in [3.8, 4) is 0 Å². The number of aliphatic hydroxyl groups excluding tert-OH is 1. The average Bonchev–Trinajstić information content (AvgIpc) is 0.907. The third kappa shape index (κ3) is 79.9. The maximum absolute atomic E-state index is 13.1. The molecule has 0 bridgehead atoms. The highest BCUT2D eigenvalue weighted by Crippen LogP contribution is 2.45. The van der Waals surface area contributed by atoms with E-state index in [0.717, 1.165) is 102 Å². The third-order valence-corrected chi connectivity index (χ3v) is 22.1. The van der Waals surface area contributed by atoms with E-state index in [4.69, 9.17) is 37.0 Å². The number of hydrogen-bond acceptors (Lipinski definition) is 15. The Labute approximate surface area is 645 Å². The van der Waals surface area contributed by atoms with Crippen LogP contribution in [0.2, 0.25) is 0 Å². The first kappa shape index (κ1) is 103. The van der Waals surface area contributed by atoms with Gasteiger partial charge in [0.15, 0.2) is 12.2 Å². The first-order chi connectivity index (χ1) is 50.9. The number of aliphatic hydroxyl groups is 1. The van der Waals surface area contributed by atoms with Crippen LogP contribution >= 0.6 is 15.6 Å². The number of carbonyl (C=O) groups is 4. The molecule has 0 saturated heterocycles. The Hall–Kier alpha value is -1.94. The molecule has 0 amide bonds. The second-order valence-corrected chi connectivity index (χ2v) is 34.8. The number of carbonyl (C=O) groups excluding carboxylic acids is 4. The predicted molar refractivity (Wildman–Crippen MR) is 432 cm³/mol. The normalized spacial score (nSPS) is 13.8. The van der Waals surface area contributed by atoms with Crippen molar-refractivity contribution in [1.82, 2.24) is 0 Å². The molecule has 0 aromatic heterocycles. The molecule has 0 aliphatic rings. The fraction of sp³-hybridized carbons (Fsp3) is 0.953. The van der Waals surface area contributed by atoms with Crippen LogP contribution in [0, 0.1) is 11.8 Å². The van der Waals surface area contributed by atoms with E-state index >= 15 is 0 Å². The molecule has 3 N–H and O–H groups in total. The monoisotopic (exact) mass is 1540 g/mol. The second-order valence-electron chi connectivity index (χ2n) is 31.9. The number of ether oxygens (including phenoxy) is 4. The molecule has 0 heterocycles. The van der Waals surface area contributed by atoms with E-state index in [1.165, 1.54) is 276 Å². The maximum atomic E-state index is 13.1. The van der Waals surface area contributed by atoms with Crippen LogP contribution in [0.5, 0.6) is 0 Å². The smallest absolute Gasteiger partial charge is 0.462 e. The van der Waals surface area contributed by atoms with Crippen molar-refractivity contribution >= 4 is 39.5 Å². The molecule has 0 aromatic carbocycles. The lowest BCUT2D eigenvalue weighted by Crippen LogP contribution is -2.30. The SMILES string of the molecule is CCCCCCCCCCCCCCC(=O)O[C@H](COC(=O)CCCCCCCCCCCCC)COP(=O)(O)OC[C@H](O)COP(=O)(O)OC[C@@H](COC(=O)CCCCCCCCCCCCCCCCCCCCC(C)C)OC(=O)CCCCCCCCCCCCCCCCCCCCC(C)C. The van der Waals surface area contributed by atoms with Gasteiger partial charge in [-0.3, -0.25) is 37.3 Å². The van der Waals surface area contributed by atoms with Gasteiger partial charge in [0.1, 0.15) is 19.3 Å². The Morgan fingerprint density at radius 2 is 0.438 bits per heavy atom. The van der Waals surface area contributed by atoms with Crippen molar-refractivity contribution in [2.45, 2.75) is 477 Å². The highest BCUT2D eigenvalue weighted by atomic mass is 31.2. The lowest BCUT2D eigenvalue weighted by molar-refractivity contribution is -0.161. The Kier molecular flexibility index (Phi) is 76.0. The van der Waals surface area contributed by atoms with Crippen molar-refractivity contribution in [3.63, 3.8) is 0 Å². The lowest BCUT2D eigenvalue weighted by atomic mass is 10.0. The van der Waals surface area contributed by atoms with Crippen LogP contribution in [0.1, 0.15) is 459 Å². The summed E-state index contributed by atoms with van der Waals surface area (Å²) in [6.07, 6.45) is 69.4. The number of unbranched alkanes of at least 4 members (excludes halogenated alkanes) is 55. The average molecular weight is 1540 g/mol. The zero-order valence-electron chi connectivity index (χ0n) is 69.0. The summed E-state index contributed by atoms with van der Waals surface area (Å²) in [5, 5.41) is 10.7. The topological polar surface area (TPSA) is 237 Å². The highest BCUT2D eigenvalue weighted by Gasteiger charge is 2.30. The molecule has 0 aliphatic heterocycles. The van der Waals surface area contributed by atoms with Gasteiger partial charge in [-0.05, 0) is 37.5 Å². The molecule has 5 atom stereocenters. The Balaban J connectivity index is 5.20. The van der Waals surface area contributed by atoms with E-state index in [-0.39, 0.29) is 25.7 Å². The zero-order valence-corrected chi connectivity index (χ0v) is 70.8. The van der Waals surface area contributed by atoms with Crippen molar-refractivity contribution in [2.24, 2.45) is 11.8 Å². The molecule has 624 valence electrons. The molecule has 2 unspecified atom stereocenters. The molecule has 0 aliphatic carbocycles. The fourth-order valence-electron chi connectivity index (χ4n) is 13.4. The number of rotatable bonds is 85. The molecule has 19 heteroatoms. The zero-order chi connectivity index (χ0) is 77.1. The molecule has 0 rings (SSSR count). The van der Waals surface area contributed by atoms with E-state index in [9.17, 15) is 43.2 Å². The molecule has 0 saturated carbocycles. The fourth-order valence-corrected chi connectivity index (χ4v) is 15.0. The van der Waals surface area contributed by atoms with Gasteiger partial charge < -0.3 is 33.8 Å². The van der Waals surface area contributed by atoms with Crippen LogP contribution in [0.15, 0.2) is 0 Å². The number of hydrogen-bond donors (Lipinski definition) is 3. The minimum Gasteiger partial charge on any atom is -0.462 e. The van der Waals surface area contributed by atoms with Crippen molar-refractivity contribution in [1.29, 1.82) is 0 Å². The van der Waals surface area contributed by atoms with Gasteiger partial charge in [0.25, 0.3) is 0 Å². The number of phosphoric ester groups is 2. The van der Waals surface area contributed by atoms with E-state index < -0.39 is 97.5 Å². The molecule has 0 spiro atoms. The molecule has 0 aromatic rings. The van der Waals surface area contributed by atoms with Crippen LogP contribution in [0.25, 0.3) is 0 Å². The van der Waals surface area contributed by atoms with Gasteiger partial charge >= 0.3 is 39.5 Å². The number of phosphoric acid groups is 2. The maximum Gasteiger partial charge on any atom is 0.472 e. The third-order valence-electron chi connectivity index (χ3n) is 20.2. The van der Waals surface area contributed by atoms with Gasteiger partial charge in [-0.2, -0.15) is 0 Å². The summed E-state index contributed by atoms with van der Waals surface area (Å²) in [7, 11) is -9.92. The largest absolute Gasteiger partial charge is 0.472 e. The summed E-state index contributed by atoms with van der Waals surface area (Å²) >= 11 is 0. The van der Waals surface area contributed by atoms with Gasteiger partial charge in [-0.25, -0.2) is 9.13 Å². The summed E-state index contributed by atoms with van der Waals surface area (Å²) in [4.78, 5) is 73.2. The number of esters is 4. The Bertz CT molecular complexity index is 2010. The van der Waals surface area contributed by atoms with Gasteiger partial charge in [-0.1, -0.05) is 408 Å². The van der Waals surface area contributed by atoms with Gasteiger partial charge in [0.2, 0.25) is 0 Å².